The molecule has 2 heterocycles. The molecule has 2 unspecified atom stereocenters. The minimum absolute atomic E-state index is 0.0867. The van der Waals surface area contributed by atoms with E-state index in [2.05, 4.69) is 16.9 Å². The van der Waals surface area contributed by atoms with Crippen LogP contribution in [0.5, 0.6) is 0 Å². The molecule has 19 heavy (non-hydrogen) atoms. The van der Waals surface area contributed by atoms with Crippen molar-refractivity contribution in [3.8, 4) is 0 Å². The van der Waals surface area contributed by atoms with Gasteiger partial charge in [-0.15, -0.1) is 0 Å². The van der Waals surface area contributed by atoms with Crippen molar-refractivity contribution < 1.29 is 5.11 Å². The van der Waals surface area contributed by atoms with Gasteiger partial charge in [-0.05, 0) is 32.1 Å². The van der Waals surface area contributed by atoms with Gasteiger partial charge in [0.1, 0.15) is 0 Å². The third-order valence-corrected chi connectivity index (χ3v) is 3.64. The van der Waals surface area contributed by atoms with Crippen LogP contribution in [0.1, 0.15) is 33.1 Å². The molecule has 2 atom stereocenters. The molecule has 5 heteroatoms. The van der Waals surface area contributed by atoms with E-state index in [0.29, 0.717) is 18.9 Å². The van der Waals surface area contributed by atoms with E-state index < -0.39 is 6.10 Å². The fraction of sp³-hybridized carbons (Fsp3) is 0.714. The third kappa shape index (κ3) is 3.80. The molecule has 106 valence electrons. The molecule has 1 aliphatic heterocycles. The smallest absolute Gasteiger partial charge is 0.268 e. The van der Waals surface area contributed by atoms with Crippen molar-refractivity contribution in [3.05, 3.63) is 22.6 Å². The van der Waals surface area contributed by atoms with Gasteiger partial charge >= 0.3 is 0 Å². The fourth-order valence-corrected chi connectivity index (χ4v) is 2.50. The molecule has 0 spiro atoms. The number of nitrogens with zero attached hydrogens (tertiary/aromatic N) is 3. The van der Waals surface area contributed by atoms with Crippen molar-refractivity contribution in [1.82, 2.24) is 9.78 Å². The van der Waals surface area contributed by atoms with E-state index in [1.54, 1.807) is 19.2 Å². The Kier molecular flexibility index (Phi) is 4.58. The zero-order chi connectivity index (χ0) is 13.8. The maximum absolute atomic E-state index is 12.0. The van der Waals surface area contributed by atoms with Crippen LogP contribution < -0.4 is 10.5 Å². The zero-order valence-electron chi connectivity index (χ0n) is 11.7. The standard InChI is InChI=1S/C14H23N3O2/c1-11-4-3-6-16(10-11)13-8-14(19)17(15-9-13)7-5-12(2)18/h8-9,11-12,18H,3-7,10H2,1-2H3. The Morgan fingerprint density at radius 3 is 3.00 bits per heavy atom. The van der Waals surface area contributed by atoms with E-state index in [1.165, 1.54) is 17.5 Å². The summed E-state index contributed by atoms with van der Waals surface area (Å²) in [5.74, 6) is 0.673. The zero-order valence-corrected chi connectivity index (χ0v) is 11.7. The summed E-state index contributed by atoms with van der Waals surface area (Å²) in [5.41, 5.74) is 0.834. The highest BCUT2D eigenvalue weighted by atomic mass is 16.3. The summed E-state index contributed by atoms with van der Waals surface area (Å²) < 4.78 is 1.42. The van der Waals surface area contributed by atoms with E-state index in [4.69, 9.17) is 0 Å². The molecule has 0 aromatic carbocycles. The predicted octanol–water partition coefficient (Wildman–Crippen LogP) is 1.25. The number of hydrogen-bond donors (Lipinski definition) is 1. The molecule has 0 bridgehead atoms. The molecular weight excluding hydrogens is 242 g/mol. The Labute approximate surface area is 113 Å². The van der Waals surface area contributed by atoms with Gasteiger partial charge in [0.05, 0.1) is 18.0 Å². The molecule has 1 N–H and O–H groups in total. The molecule has 0 amide bonds. The molecule has 2 rings (SSSR count). The average molecular weight is 265 g/mol. The molecule has 1 aromatic heterocycles. The minimum Gasteiger partial charge on any atom is -0.393 e. The van der Waals surface area contributed by atoms with E-state index >= 15 is 0 Å². The fourth-order valence-electron chi connectivity index (χ4n) is 2.50. The molecular formula is C14H23N3O2. The highest BCUT2D eigenvalue weighted by Crippen LogP contribution is 2.20. The second-order valence-electron chi connectivity index (χ2n) is 5.61. The number of piperidine rings is 1. The van der Waals surface area contributed by atoms with Crippen molar-refractivity contribution >= 4 is 5.69 Å². The maximum Gasteiger partial charge on any atom is 0.268 e. The van der Waals surface area contributed by atoms with Crippen LogP contribution >= 0.6 is 0 Å². The van der Waals surface area contributed by atoms with Crippen LogP contribution in [0.15, 0.2) is 17.1 Å². The Hall–Kier alpha value is -1.36. The Bertz CT molecular complexity index is 470. The number of anilines is 1. The van der Waals surface area contributed by atoms with E-state index in [1.807, 2.05) is 0 Å². The van der Waals surface area contributed by atoms with Crippen molar-refractivity contribution in [2.75, 3.05) is 18.0 Å². The average Bonchev–Trinajstić information content (AvgIpc) is 2.37. The number of aryl methyl sites for hydroxylation is 1. The predicted molar refractivity (Wildman–Crippen MR) is 75.4 cm³/mol. The number of hydrogen-bond acceptors (Lipinski definition) is 4. The molecule has 1 aromatic rings. The first kappa shape index (κ1) is 14.1. The van der Waals surface area contributed by atoms with E-state index in [9.17, 15) is 9.90 Å². The second kappa shape index (κ2) is 6.19. The molecule has 1 fully saturated rings. The van der Waals surface area contributed by atoms with Crippen LogP contribution in [-0.4, -0.2) is 34.1 Å². The van der Waals surface area contributed by atoms with Gasteiger partial charge in [-0.3, -0.25) is 4.79 Å². The molecule has 0 radical (unpaired) electrons. The first-order chi connectivity index (χ1) is 9.06. The van der Waals surface area contributed by atoms with Crippen LogP contribution in [0.4, 0.5) is 5.69 Å². The lowest BCUT2D eigenvalue weighted by atomic mass is 10.00. The van der Waals surface area contributed by atoms with Gasteiger partial charge in [-0.1, -0.05) is 6.92 Å². The third-order valence-electron chi connectivity index (χ3n) is 3.64. The monoisotopic (exact) mass is 265 g/mol. The Balaban J connectivity index is 2.07. The van der Waals surface area contributed by atoms with Crippen molar-refractivity contribution in [2.24, 2.45) is 5.92 Å². The second-order valence-corrected chi connectivity index (χ2v) is 5.61. The number of aromatic nitrogens is 2. The van der Waals surface area contributed by atoms with Crippen LogP contribution in [0, 0.1) is 5.92 Å². The van der Waals surface area contributed by atoms with Crippen molar-refractivity contribution in [1.29, 1.82) is 0 Å². The van der Waals surface area contributed by atoms with Crippen LogP contribution in [0.25, 0.3) is 0 Å². The normalized spacial score (nSPS) is 21.4. The summed E-state index contributed by atoms with van der Waals surface area (Å²) in [5, 5.41) is 13.4. The molecule has 1 aliphatic rings. The lowest BCUT2D eigenvalue weighted by Gasteiger charge is -2.32. The van der Waals surface area contributed by atoms with Crippen molar-refractivity contribution in [2.45, 2.75) is 45.8 Å². The topological polar surface area (TPSA) is 58.4 Å². The number of aliphatic hydroxyl groups excluding tert-OH is 1. The number of aliphatic hydroxyl groups is 1. The maximum atomic E-state index is 12.0. The van der Waals surface area contributed by atoms with Crippen LogP contribution in [0.3, 0.4) is 0 Å². The van der Waals surface area contributed by atoms with Gasteiger partial charge in [0, 0.05) is 25.7 Å². The summed E-state index contributed by atoms with van der Waals surface area (Å²) in [4.78, 5) is 14.2. The summed E-state index contributed by atoms with van der Waals surface area (Å²) in [6.07, 6.45) is 4.34. The SMILES string of the molecule is CC(O)CCn1ncc(N2CCCC(C)C2)cc1=O. The molecule has 1 saturated heterocycles. The van der Waals surface area contributed by atoms with Gasteiger partial charge in [0.15, 0.2) is 0 Å². The molecule has 5 nitrogen and oxygen atoms in total. The highest BCUT2D eigenvalue weighted by molar-refractivity contribution is 5.43. The lowest BCUT2D eigenvalue weighted by molar-refractivity contribution is 0.175. The first-order valence-corrected chi connectivity index (χ1v) is 7.06. The van der Waals surface area contributed by atoms with E-state index in [0.717, 1.165) is 18.8 Å². The Morgan fingerprint density at radius 2 is 2.37 bits per heavy atom. The Morgan fingerprint density at radius 1 is 1.58 bits per heavy atom. The van der Waals surface area contributed by atoms with Gasteiger partial charge < -0.3 is 10.0 Å². The first-order valence-electron chi connectivity index (χ1n) is 7.06. The minimum atomic E-state index is -0.406. The van der Waals surface area contributed by atoms with Gasteiger partial charge in [-0.2, -0.15) is 5.10 Å². The van der Waals surface area contributed by atoms with Gasteiger partial charge in [0.25, 0.3) is 5.56 Å². The summed E-state index contributed by atoms with van der Waals surface area (Å²) in [7, 11) is 0. The van der Waals surface area contributed by atoms with Crippen LogP contribution in [0.2, 0.25) is 0 Å². The summed E-state index contributed by atoms with van der Waals surface area (Å²) in [6.45, 7) is 6.42. The largest absolute Gasteiger partial charge is 0.393 e. The van der Waals surface area contributed by atoms with Gasteiger partial charge in [-0.25, -0.2) is 4.68 Å². The van der Waals surface area contributed by atoms with Crippen molar-refractivity contribution in [3.63, 3.8) is 0 Å². The van der Waals surface area contributed by atoms with E-state index in [-0.39, 0.29) is 5.56 Å². The molecule has 0 aliphatic carbocycles. The molecule has 0 saturated carbocycles. The summed E-state index contributed by atoms with van der Waals surface area (Å²) in [6, 6.07) is 1.66. The number of rotatable bonds is 4. The van der Waals surface area contributed by atoms with Gasteiger partial charge in [0.2, 0.25) is 0 Å². The lowest BCUT2D eigenvalue weighted by Crippen LogP contribution is -2.35. The highest BCUT2D eigenvalue weighted by Gasteiger charge is 2.17. The summed E-state index contributed by atoms with van der Waals surface area (Å²) >= 11 is 0. The quantitative estimate of drug-likeness (QED) is 0.890. The van der Waals surface area contributed by atoms with Crippen LogP contribution in [-0.2, 0) is 6.54 Å².